The molecule has 0 aliphatic heterocycles. The van der Waals surface area contributed by atoms with Crippen LogP contribution in [0.3, 0.4) is 0 Å². The van der Waals surface area contributed by atoms with Gasteiger partial charge in [0.25, 0.3) is 5.69 Å². The van der Waals surface area contributed by atoms with E-state index in [1.807, 2.05) is 19.0 Å². The van der Waals surface area contributed by atoms with Crippen LogP contribution in [-0.4, -0.2) is 54.1 Å². The molecule has 0 saturated carbocycles. The van der Waals surface area contributed by atoms with E-state index in [9.17, 15) is 14.9 Å². The number of likely N-dealkylation sites (N-methyl/N-ethyl adjacent to an activating group) is 2. The molecule has 7 heteroatoms. The zero-order chi connectivity index (χ0) is 16.2. The van der Waals surface area contributed by atoms with E-state index in [1.54, 1.807) is 6.07 Å². The number of nitrogens with zero attached hydrogens (tertiary/aromatic N) is 3. The molecule has 0 heterocycles. The van der Waals surface area contributed by atoms with Crippen LogP contribution in [0.1, 0.15) is 24.2 Å². The lowest BCUT2D eigenvalue weighted by Gasteiger charge is -2.26. The molecule has 21 heavy (non-hydrogen) atoms. The van der Waals surface area contributed by atoms with Gasteiger partial charge in [0, 0.05) is 37.9 Å². The lowest BCUT2D eigenvalue weighted by molar-refractivity contribution is -0.385. The van der Waals surface area contributed by atoms with Crippen LogP contribution in [0.5, 0.6) is 0 Å². The lowest BCUT2D eigenvalue weighted by Crippen LogP contribution is -2.34. The second kappa shape index (κ2) is 7.03. The number of hydrogen-bond acceptors (Lipinski definition) is 5. The van der Waals surface area contributed by atoms with E-state index in [0.29, 0.717) is 18.3 Å². The molecule has 0 unspecified atom stereocenters. The number of carboxylic acids is 1. The van der Waals surface area contributed by atoms with Gasteiger partial charge in [-0.1, -0.05) is 0 Å². The first-order valence-electron chi connectivity index (χ1n) is 6.67. The summed E-state index contributed by atoms with van der Waals surface area (Å²) in [5.74, 6) is -1.30. The Hall–Kier alpha value is -2.15. The zero-order valence-electron chi connectivity index (χ0n) is 12.7. The van der Waals surface area contributed by atoms with Crippen LogP contribution < -0.4 is 4.90 Å². The first-order chi connectivity index (χ1) is 9.73. The van der Waals surface area contributed by atoms with Crippen molar-refractivity contribution in [1.29, 1.82) is 0 Å². The average molecular weight is 295 g/mol. The maximum absolute atomic E-state index is 11.0. The van der Waals surface area contributed by atoms with E-state index in [4.69, 9.17) is 5.11 Å². The fourth-order valence-electron chi connectivity index (χ4n) is 1.78. The number of carboxylic acid groups (broad SMARTS) is 1. The van der Waals surface area contributed by atoms with Crippen molar-refractivity contribution in [1.82, 2.24) is 4.90 Å². The van der Waals surface area contributed by atoms with Gasteiger partial charge in [-0.15, -0.1) is 0 Å². The second-order valence-corrected chi connectivity index (χ2v) is 5.26. The van der Waals surface area contributed by atoms with Gasteiger partial charge >= 0.3 is 5.97 Å². The largest absolute Gasteiger partial charge is 0.477 e. The van der Waals surface area contributed by atoms with E-state index in [-0.39, 0.29) is 11.3 Å². The molecule has 0 radical (unpaired) electrons. The molecule has 0 amide bonds. The summed E-state index contributed by atoms with van der Waals surface area (Å²) in [7, 11) is 3.84. The van der Waals surface area contributed by atoms with Crippen LogP contribution in [-0.2, 0) is 0 Å². The number of anilines is 1. The standard InChI is InChI=1S/C14H21N3O4/c1-10(2)15(3)7-8-16(4)11-5-6-12(14(18)19)13(9-11)17(20)21/h5-6,9-10H,7-8H2,1-4H3,(H,18,19). The Balaban J connectivity index is 2.91. The van der Waals surface area contributed by atoms with E-state index in [2.05, 4.69) is 18.7 Å². The van der Waals surface area contributed by atoms with Crippen molar-refractivity contribution in [2.24, 2.45) is 0 Å². The smallest absolute Gasteiger partial charge is 0.342 e. The Morgan fingerprint density at radius 3 is 2.43 bits per heavy atom. The Kier molecular flexibility index (Phi) is 5.66. The number of aromatic carboxylic acids is 1. The van der Waals surface area contributed by atoms with E-state index >= 15 is 0 Å². The fourth-order valence-corrected chi connectivity index (χ4v) is 1.78. The third kappa shape index (κ3) is 4.42. The van der Waals surface area contributed by atoms with Gasteiger partial charge in [-0.25, -0.2) is 4.79 Å². The van der Waals surface area contributed by atoms with Crippen molar-refractivity contribution in [2.45, 2.75) is 19.9 Å². The Labute approximate surface area is 123 Å². The molecular formula is C14H21N3O4. The quantitative estimate of drug-likeness (QED) is 0.612. The molecule has 0 aliphatic rings. The molecule has 0 fully saturated rings. The molecule has 1 rings (SSSR count). The van der Waals surface area contributed by atoms with Crippen LogP contribution >= 0.6 is 0 Å². The summed E-state index contributed by atoms with van der Waals surface area (Å²) in [6.45, 7) is 5.68. The minimum atomic E-state index is -1.30. The third-order valence-electron chi connectivity index (χ3n) is 3.52. The number of carbonyl (C=O) groups is 1. The van der Waals surface area contributed by atoms with Crippen molar-refractivity contribution in [3.8, 4) is 0 Å². The van der Waals surface area contributed by atoms with E-state index < -0.39 is 10.9 Å². The second-order valence-electron chi connectivity index (χ2n) is 5.26. The van der Waals surface area contributed by atoms with Gasteiger partial charge in [0.1, 0.15) is 5.56 Å². The topological polar surface area (TPSA) is 86.9 Å². The number of benzene rings is 1. The van der Waals surface area contributed by atoms with Gasteiger partial charge in [-0.05, 0) is 33.0 Å². The number of rotatable bonds is 7. The van der Waals surface area contributed by atoms with Crippen LogP contribution in [0.25, 0.3) is 0 Å². The van der Waals surface area contributed by atoms with Crippen molar-refractivity contribution < 1.29 is 14.8 Å². The summed E-state index contributed by atoms with van der Waals surface area (Å²) >= 11 is 0. The molecule has 0 saturated heterocycles. The molecule has 0 spiro atoms. The summed E-state index contributed by atoms with van der Waals surface area (Å²) in [6, 6.07) is 4.59. The number of nitro benzene ring substituents is 1. The highest BCUT2D eigenvalue weighted by atomic mass is 16.6. The molecule has 0 aliphatic carbocycles. The van der Waals surface area contributed by atoms with Crippen molar-refractivity contribution in [2.75, 3.05) is 32.1 Å². The third-order valence-corrected chi connectivity index (χ3v) is 3.52. The maximum atomic E-state index is 11.0. The highest BCUT2D eigenvalue weighted by Crippen LogP contribution is 2.25. The van der Waals surface area contributed by atoms with E-state index in [1.165, 1.54) is 12.1 Å². The fraction of sp³-hybridized carbons (Fsp3) is 0.500. The van der Waals surface area contributed by atoms with Crippen LogP contribution in [0, 0.1) is 10.1 Å². The van der Waals surface area contributed by atoms with Gasteiger partial charge in [0.2, 0.25) is 0 Å². The predicted octanol–water partition coefficient (Wildman–Crippen LogP) is 2.07. The minimum Gasteiger partial charge on any atom is -0.477 e. The first kappa shape index (κ1) is 16.9. The summed E-state index contributed by atoms with van der Waals surface area (Å²) in [5, 5.41) is 19.9. The number of hydrogen-bond donors (Lipinski definition) is 1. The van der Waals surface area contributed by atoms with Crippen LogP contribution in [0.2, 0.25) is 0 Å². The van der Waals surface area contributed by atoms with Gasteiger partial charge in [0.05, 0.1) is 4.92 Å². The molecule has 0 aromatic heterocycles. The molecule has 1 aromatic rings. The van der Waals surface area contributed by atoms with Crippen LogP contribution in [0.15, 0.2) is 18.2 Å². The lowest BCUT2D eigenvalue weighted by atomic mass is 10.1. The molecule has 0 bridgehead atoms. The average Bonchev–Trinajstić information content (AvgIpc) is 2.43. The van der Waals surface area contributed by atoms with Gasteiger partial charge < -0.3 is 14.9 Å². The Bertz CT molecular complexity index is 531. The van der Waals surface area contributed by atoms with E-state index in [0.717, 1.165) is 6.54 Å². The van der Waals surface area contributed by atoms with Crippen molar-refractivity contribution >= 4 is 17.3 Å². The summed E-state index contributed by atoms with van der Waals surface area (Å²) in [5.41, 5.74) is -0.0515. The monoisotopic (exact) mass is 295 g/mol. The zero-order valence-corrected chi connectivity index (χ0v) is 12.7. The van der Waals surface area contributed by atoms with Gasteiger partial charge in [-0.3, -0.25) is 10.1 Å². The van der Waals surface area contributed by atoms with Gasteiger partial charge in [0.15, 0.2) is 0 Å². The highest BCUT2D eigenvalue weighted by Gasteiger charge is 2.21. The van der Waals surface area contributed by atoms with Crippen molar-refractivity contribution in [3.63, 3.8) is 0 Å². The molecule has 7 nitrogen and oxygen atoms in total. The number of nitro groups is 1. The summed E-state index contributed by atoms with van der Waals surface area (Å²) in [6.07, 6.45) is 0. The first-order valence-corrected chi connectivity index (χ1v) is 6.67. The maximum Gasteiger partial charge on any atom is 0.342 e. The van der Waals surface area contributed by atoms with Crippen molar-refractivity contribution in [3.05, 3.63) is 33.9 Å². The molecular weight excluding hydrogens is 274 g/mol. The predicted molar refractivity (Wildman–Crippen MR) is 81.1 cm³/mol. The molecule has 0 atom stereocenters. The SMILES string of the molecule is CC(C)N(C)CCN(C)c1ccc(C(=O)O)c([N+](=O)[O-])c1. The normalized spacial score (nSPS) is 11.0. The molecule has 1 aromatic carbocycles. The molecule has 116 valence electrons. The Morgan fingerprint density at radius 1 is 1.33 bits per heavy atom. The summed E-state index contributed by atoms with van der Waals surface area (Å²) in [4.78, 5) is 25.3. The summed E-state index contributed by atoms with van der Waals surface area (Å²) < 4.78 is 0. The van der Waals surface area contributed by atoms with Crippen LogP contribution in [0.4, 0.5) is 11.4 Å². The molecule has 1 N–H and O–H groups in total. The Morgan fingerprint density at radius 2 is 1.95 bits per heavy atom. The highest BCUT2D eigenvalue weighted by molar-refractivity contribution is 5.93. The van der Waals surface area contributed by atoms with Gasteiger partial charge in [-0.2, -0.15) is 0 Å². The minimum absolute atomic E-state index is 0.295.